The third kappa shape index (κ3) is 5.07. The van der Waals surface area contributed by atoms with Gasteiger partial charge in [0.25, 0.3) is 0 Å². The molecular formula is C36H36N2O4. The highest BCUT2D eigenvalue weighted by molar-refractivity contribution is 5.81. The number of aliphatic hydroxyl groups is 1. The van der Waals surface area contributed by atoms with E-state index in [4.69, 9.17) is 23.5 Å². The van der Waals surface area contributed by atoms with Gasteiger partial charge in [0.15, 0.2) is 11.2 Å². The summed E-state index contributed by atoms with van der Waals surface area (Å²) < 4.78 is 17.8. The van der Waals surface area contributed by atoms with E-state index in [-0.39, 0.29) is 17.4 Å². The number of fused-ring (bicyclic) bond motifs is 2. The summed E-state index contributed by atoms with van der Waals surface area (Å²) in [6.45, 7) is 12.8. The number of hydrogen-bond acceptors (Lipinski definition) is 6. The molecule has 42 heavy (non-hydrogen) atoms. The minimum Gasteiger partial charge on any atom is -0.496 e. The monoisotopic (exact) mass is 560 g/mol. The molecule has 0 radical (unpaired) electrons. The van der Waals surface area contributed by atoms with Crippen LogP contribution in [0.1, 0.15) is 58.2 Å². The number of oxazole rings is 2. The van der Waals surface area contributed by atoms with Gasteiger partial charge in [0.2, 0.25) is 11.8 Å². The third-order valence-electron chi connectivity index (χ3n) is 7.71. The first-order valence-corrected chi connectivity index (χ1v) is 14.2. The fourth-order valence-corrected chi connectivity index (χ4v) is 5.41. The lowest BCUT2D eigenvalue weighted by atomic mass is 9.83. The van der Waals surface area contributed by atoms with Crippen LogP contribution in [0.5, 0.6) is 5.75 Å². The van der Waals surface area contributed by atoms with Gasteiger partial charge in [0.1, 0.15) is 16.8 Å². The Balaban J connectivity index is 1.26. The molecule has 2 heterocycles. The summed E-state index contributed by atoms with van der Waals surface area (Å²) >= 11 is 0. The number of ether oxygens (including phenoxy) is 1. The molecule has 0 fully saturated rings. The molecule has 0 atom stereocenters. The molecule has 0 amide bonds. The van der Waals surface area contributed by atoms with Crippen LogP contribution in [-0.2, 0) is 17.4 Å². The zero-order valence-corrected chi connectivity index (χ0v) is 25.2. The maximum Gasteiger partial charge on any atom is 0.227 e. The number of aliphatic hydroxyl groups excluding tert-OH is 1. The lowest BCUT2D eigenvalue weighted by Gasteiger charge is -2.21. The Morgan fingerprint density at radius 1 is 0.619 bits per heavy atom. The molecule has 0 aliphatic heterocycles. The number of rotatable bonds is 5. The van der Waals surface area contributed by atoms with Crippen molar-refractivity contribution in [2.75, 3.05) is 7.11 Å². The van der Waals surface area contributed by atoms with E-state index >= 15 is 0 Å². The Hall–Kier alpha value is -4.42. The van der Waals surface area contributed by atoms with Crippen LogP contribution in [0.4, 0.5) is 0 Å². The van der Waals surface area contributed by atoms with Crippen molar-refractivity contribution in [1.82, 2.24) is 9.97 Å². The second kappa shape index (κ2) is 10.1. The van der Waals surface area contributed by atoms with E-state index in [2.05, 4.69) is 71.9 Å². The van der Waals surface area contributed by atoms with Gasteiger partial charge in [-0.3, -0.25) is 0 Å². The molecule has 6 nitrogen and oxygen atoms in total. The van der Waals surface area contributed by atoms with E-state index < -0.39 is 0 Å². The number of benzene rings is 4. The lowest BCUT2D eigenvalue weighted by Crippen LogP contribution is -2.14. The van der Waals surface area contributed by atoms with Crippen molar-refractivity contribution in [1.29, 1.82) is 0 Å². The maximum atomic E-state index is 9.90. The Labute approximate surface area is 246 Å². The van der Waals surface area contributed by atoms with E-state index in [0.717, 1.165) is 55.7 Å². The zero-order valence-electron chi connectivity index (χ0n) is 25.2. The van der Waals surface area contributed by atoms with Crippen molar-refractivity contribution in [3.05, 3.63) is 89.5 Å². The predicted molar refractivity (Wildman–Crippen MR) is 168 cm³/mol. The molecule has 6 rings (SSSR count). The van der Waals surface area contributed by atoms with Crippen LogP contribution in [0.15, 0.2) is 81.6 Å². The Bertz CT molecular complexity index is 1760. The molecule has 0 aliphatic rings. The molecule has 0 aliphatic carbocycles. The van der Waals surface area contributed by atoms with Crippen molar-refractivity contribution >= 4 is 22.2 Å². The van der Waals surface area contributed by atoms with Crippen molar-refractivity contribution in [2.45, 2.75) is 59.0 Å². The SMILES string of the molecule is COc1cc2oc(-c3ccc(-c4ccc(-c5nc6cc(C(C)(C)C)c(CO)cc6o5)cc4)cc3)nc2cc1C(C)(C)C. The number of hydrogen-bond donors (Lipinski definition) is 1. The molecule has 0 bridgehead atoms. The summed E-state index contributed by atoms with van der Waals surface area (Å²) in [7, 11) is 1.68. The second-order valence-electron chi connectivity index (χ2n) is 12.8. The largest absolute Gasteiger partial charge is 0.496 e. The van der Waals surface area contributed by atoms with Crippen molar-refractivity contribution in [3.8, 4) is 39.8 Å². The van der Waals surface area contributed by atoms with Gasteiger partial charge in [0.05, 0.1) is 13.7 Å². The highest BCUT2D eigenvalue weighted by Gasteiger charge is 2.23. The van der Waals surface area contributed by atoms with Gasteiger partial charge < -0.3 is 18.7 Å². The Morgan fingerprint density at radius 2 is 1.05 bits per heavy atom. The van der Waals surface area contributed by atoms with Crippen LogP contribution in [-0.4, -0.2) is 22.2 Å². The van der Waals surface area contributed by atoms with Crippen LogP contribution in [0.3, 0.4) is 0 Å². The maximum absolute atomic E-state index is 9.90. The van der Waals surface area contributed by atoms with Crippen molar-refractivity contribution in [3.63, 3.8) is 0 Å². The van der Waals surface area contributed by atoms with Crippen molar-refractivity contribution in [2.24, 2.45) is 0 Å². The fourth-order valence-electron chi connectivity index (χ4n) is 5.41. The van der Waals surface area contributed by atoms with Gasteiger partial charge in [-0.05, 0) is 75.5 Å². The summed E-state index contributed by atoms with van der Waals surface area (Å²) in [4.78, 5) is 9.53. The summed E-state index contributed by atoms with van der Waals surface area (Å²) in [5.74, 6) is 1.94. The van der Waals surface area contributed by atoms with Crippen LogP contribution >= 0.6 is 0 Å². The van der Waals surface area contributed by atoms with Gasteiger partial charge in [-0.15, -0.1) is 0 Å². The van der Waals surface area contributed by atoms with Crippen LogP contribution in [0.25, 0.3) is 56.2 Å². The van der Waals surface area contributed by atoms with Gasteiger partial charge >= 0.3 is 0 Å². The Morgan fingerprint density at radius 3 is 1.48 bits per heavy atom. The van der Waals surface area contributed by atoms with E-state index in [1.807, 2.05) is 42.5 Å². The van der Waals surface area contributed by atoms with E-state index in [1.165, 1.54) is 0 Å². The van der Waals surface area contributed by atoms with Gasteiger partial charge in [0, 0.05) is 22.8 Å². The topological polar surface area (TPSA) is 81.5 Å². The predicted octanol–water partition coefficient (Wildman–Crippen LogP) is 9.07. The average Bonchev–Trinajstić information content (AvgIpc) is 3.58. The minimum atomic E-state index is -0.105. The third-order valence-corrected chi connectivity index (χ3v) is 7.71. The highest BCUT2D eigenvalue weighted by atomic mass is 16.5. The minimum absolute atomic E-state index is 0.0364. The number of aromatic nitrogens is 2. The highest BCUT2D eigenvalue weighted by Crippen LogP contribution is 2.37. The standard InChI is InChI=1S/C36H36N2O4/c1-35(2,3)26-17-28-31(16-25(26)20-39)41-33(37-28)23-12-8-21(9-13-23)22-10-14-24(15-11-22)34-38-29-18-27(36(4,5)6)30(40-7)19-32(29)42-34/h8-19,39H,20H2,1-7H3. The second-order valence-corrected chi connectivity index (χ2v) is 12.8. The normalized spacial score (nSPS) is 12.4. The average molecular weight is 561 g/mol. The molecular weight excluding hydrogens is 524 g/mol. The summed E-state index contributed by atoms with van der Waals surface area (Å²) in [5, 5.41) is 9.90. The summed E-state index contributed by atoms with van der Waals surface area (Å²) in [6.07, 6.45) is 0. The quantitative estimate of drug-likeness (QED) is 0.226. The van der Waals surface area contributed by atoms with Crippen LogP contribution < -0.4 is 4.74 Å². The summed E-state index contributed by atoms with van der Waals surface area (Å²) in [5.41, 5.74) is 9.81. The fraction of sp³-hybridized carbons (Fsp3) is 0.278. The first-order chi connectivity index (χ1) is 19.9. The van der Waals surface area contributed by atoms with E-state index in [9.17, 15) is 5.11 Å². The molecule has 214 valence electrons. The lowest BCUT2D eigenvalue weighted by molar-refractivity contribution is 0.278. The molecule has 0 unspecified atom stereocenters. The van der Waals surface area contributed by atoms with E-state index in [1.54, 1.807) is 7.11 Å². The molecule has 6 aromatic rings. The smallest absolute Gasteiger partial charge is 0.227 e. The first-order valence-electron chi connectivity index (χ1n) is 14.2. The molecule has 1 N–H and O–H groups in total. The van der Waals surface area contributed by atoms with Crippen molar-refractivity contribution < 1.29 is 18.7 Å². The first kappa shape index (κ1) is 27.7. The molecule has 0 spiro atoms. The number of nitrogens with zero attached hydrogens (tertiary/aromatic N) is 2. The van der Waals surface area contributed by atoms with Crippen LogP contribution in [0, 0.1) is 0 Å². The van der Waals surface area contributed by atoms with Gasteiger partial charge in [-0.25, -0.2) is 9.97 Å². The molecule has 4 aromatic carbocycles. The van der Waals surface area contributed by atoms with Crippen LogP contribution in [0.2, 0.25) is 0 Å². The molecule has 6 heteroatoms. The Kier molecular flexibility index (Phi) is 6.70. The van der Waals surface area contributed by atoms with Gasteiger partial charge in [-0.1, -0.05) is 65.8 Å². The number of methoxy groups -OCH3 is 1. The zero-order chi connectivity index (χ0) is 29.8. The molecule has 0 saturated carbocycles. The summed E-state index contributed by atoms with van der Waals surface area (Å²) in [6, 6.07) is 24.3. The van der Waals surface area contributed by atoms with Gasteiger partial charge in [-0.2, -0.15) is 0 Å². The molecule has 0 saturated heterocycles. The molecule has 2 aromatic heterocycles. The van der Waals surface area contributed by atoms with E-state index in [0.29, 0.717) is 22.9 Å².